The van der Waals surface area contributed by atoms with E-state index in [9.17, 15) is 62.3 Å². The van der Waals surface area contributed by atoms with Crippen LogP contribution in [0, 0.1) is 5.92 Å². The molecule has 9 atom stereocenters. The third-order valence-corrected chi connectivity index (χ3v) is 10.5. The quantitative estimate of drug-likeness (QED) is 0.0397. The van der Waals surface area contributed by atoms with E-state index in [1.165, 1.54) is 31.2 Å². The molecule has 96 heavy (non-hydrogen) atoms. The number of phenolic OH excluding ortho intramolecular Hbond substituents is 2. The van der Waals surface area contributed by atoms with E-state index in [1.54, 1.807) is 38.1 Å². The fourth-order valence-corrected chi connectivity index (χ4v) is 5.01. The van der Waals surface area contributed by atoms with Gasteiger partial charge in [0.05, 0.1) is 32.2 Å². The summed E-state index contributed by atoms with van der Waals surface area (Å²) in [7, 11) is 0. The van der Waals surface area contributed by atoms with E-state index < -0.39 is 126 Å². The van der Waals surface area contributed by atoms with Crippen molar-refractivity contribution >= 4 is 77.5 Å². The lowest BCUT2D eigenvalue weighted by atomic mass is 10.1. The first-order valence-corrected chi connectivity index (χ1v) is 27.6. The predicted molar refractivity (Wildman–Crippen MR) is 341 cm³/mol. The van der Waals surface area contributed by atoms with Crippen LogP contribution in [0.1, 0.15) is 69.6 Å². The van der Waals surface area contributed by atoms with Crippen LogP contribution < -0.4 is 74.1 Å². The Morgan fingerprint density at radius 1 is 0.438 bits per heavy atom. The van der Waals surface area contributed by atoms with Gasteiger partial charge < -0.3 is 146 Å². The fraction of sp³-hybridized carbons (Fsp3) is 0.446. The molecule has 2 amide bonds. The molecule has 546 valence electrons. The van der Waals surface area contributed by atoms with Crippen molar-refractivity contribution in [1.29, 1.82) is 0 Å². The zero-order valence-corrected chi connectivity index (χ0v) is 52.8. The molecule has 0 radical (unpaired) electrons. The summed E-state index contributed by atoms with van der Waals surface area (Å²) in [5, 5.41) is 119. The molecule has 1 fully saturated rings. The van der Waals surface area contributed by atoms with E-state index in [1.807, 2.05) is 30.3 Å². The zero-order chi connectivity index (χ0) is 76.6. The average molecular weight is 1380 g/mol. The normalized spacial score (nSPS) is 13.5. The molecule has 0 aromatic heterocycles. The average Bonchev–Trinajstić information content (AvgIpc) is 2.20. The number of primary amides is 2. The van der Waals surface area contributed by atoms with Gasteiger partial charge in [0.25, 0.3) is 0 Å². The van der Waals surface area contributed by atoms with E-state index in [0.29, 0.717) is 6.42 Å². The topological polar surface area (TPSA) is 829 Å². The highest BCUT2D eigenvalue weighted by atomic mass is 16.4. The van der Waals surface area contributed by atoms with Crippen LogP contribution in [0.15, 0.2) is 78.9 Å². The number of carbonyl (C=O) groups excluding carboxylic acids is 2. The van der Waals surface area contributed by atoms with Gasteiger partial charge in [-0.25, -0.2) is 0 Å². The number of aliphatic hydroxyl groups excluding tert-OH is 1. The molecule has 3 aromatic rings. The molecule has 3 aromatic carbocycles. The Hall–Kier alpha value is -10.1. The van der Waals surface area contributed by atoms with Crippen LogP contribution in [0.2, 0.25) is 0 Å². The fourth-order valence-electron chi connectivity index (χ4n) is 5.01. The highest BCUT2D eigenvalue weighted by Gasteiger charge is 2.21. The van der Waals surface area contributed by atoms with Gasteiger partial charge in [0.1, 0.15) is 59.8 Å². The number of aliphatic carboxylic acids is 11. The van der Waals surface area contributed by atoms with E-state index >= 15 is 0 Å². The van der Waals surface area contributed by atoms with Crippen LogP contribution in [0.5, 0.6) is 11.5 Å². The number of nitrogens with one attached hydrogen (secondary N) is 1. The van der Waals surface area contributed by atoms with Crippen molar-refractivity contribution < 1.29 is 134 Å². The molecule has 0 aliphatic carbocycles. The molecule has 1 aliphatic rings. The SMILES string of the molecule is CC(C)[C@H](N)C(=O)O.C[C@@H](O)[C@H](N)C(=O)O.NC(=O)CC[C@H](N)C(=O)O.NC(=O)C[C@H](N)C(=O)O.NCC(=O)O.NCC(=O)O.NCC(=O)O.N[C@@H](Cc1ccc(O)cc1)C(=O)O.N[C@@H](Cc1ccc(O)cc1)C(=O)O.N[C@@H](Cc1ccccc1)C(=O)O.O=C(O)[C@@H]1CCCN1. The summed E-state index contributed by atoms with van der Waals surface area (Å²) in [5.41, 5.74) is 61.7. The van der Waals surface area contributed by atoms with Gasteiger partial charge in [0.2, 0.25) is 11.8 Å². The molecular formula is C56H95N13O27. The lowest BCUT2D eigenvalue weighted by molar-refractivity contribution is -0.141. The Morgan fingerprint density at radius 3 is 0.906 bits per heavy atom. The Morgan fingerprint density at radius 2 is 0.740 bits per heavy atom. The van der Waals surface area contributed by atoms with Gasteiger partial charge in [0, 0.05) is 6.42 Å². The maximum absolute atomic E-state index is 10.4. The van der Waals surface area contributed by atoms with Crippen LogP contribution >= 0.6 is 0 Å². The number of benzene rings is 3. The molecular weight excluding hydrogens is 1290 g/mol. The zero-order valence-electron chi connectivity index (χ0n) is 52.8. The molecule has 0 saturated carbocycles. The summed E-state index contributed by atoms with van der Waals surface area (Å²) in [6.45, 7) is 4.91. The van der Waals surface area contributed by atoms with Gasteiger partial charge >= 0.3 is 65.7 Å². The number of rotatable bonds is 24. The minimum absolute atomic E-state index is 0.0208. The molecule has 1 heterocycles. The van der Waals surface area contributed by atoms with Gasteiger partial charge in [-0.05, 0) is 98.9 Å². The van der Waals surface area contributed by atoms with E-state index in [0.717, 1.165) is 36.1 Å². The summed E-state index contributed by atoms with van der Waals surface area (Å²) in [4.78, 5) is 129. The number of aromatic hydroxyl groups is 2. The lowest BCUT2D eigenvalue weighted by Gasteiger charge is -2.07. The summed E-state index contributed by atoms with van der Waals surface area (Å²) >= 11 is 0. The van der Waals surface area contributed by atoms with E-state index in [2.05, 4.69) is 28.3 Å². The summed E-state index contributed by atoms with van der Waals surface area (Å²) in [6, 6.07) is 15.1. The number of hydrogen-bond acceptors (Lipinski definition) is 27. The number of aliphatic hydroxyl groups is 1. The number of carboxylic acid groups (broad SMARTS) is 11. The highest BCUT2D eigenvalue weighted by molar-refractivity contribution is 5.83. The molecule has 40 heteroatoms. The largest absolute Gasteiger partial charge is 0.508 e. The summed E-state index contributed by atoms with van der Waals surface area (Å²) < 4.78 is 0. The molecule has 1 aliphatic heterocycles. The van der Waals surface area contributed by atoms with Gasteiger partial charge in [0.15, 0.2) is 0 Å². The minimum Gasteiger partial charge on any atom is -0.508 e. The minimum atomic E-state index is -1.21. The molecule has 40 nitrogen and oxygen atoms in total. The van der Waals surface area contributed by atoms with E-state index in [-0.39, 0.29) is 75.2 Å². The lowest BCUT2D eigenvalue weighted by Crippen LogP contribution is -2.39. The maximum Gasteiger partial charge on any atom is 0.323 e. The standard InChI is InChI=1S/2C9H11NO3.C9H11NO2.C5H10N2O3.C5H9NO2.C5H11NO2.C4H8N2O3.C4H9NO3.3C2H5NO2/c2*10-8(9(12)13)5-6-1-3-7(11)4-2-6;10-8(9(11)12)6-7-4-2-1-3-5-7;6-3(5(9)10)1-2-4(7)8;7-5(8)4-2-1-3-6-4;1-3(2)4(6)5(7)8;5-2(4(8)9)1-3(6)7;1-2(6)3(5)4(7)8;3*3-1-2(4)5/h2*1-4,8,11H,5,10H2,(H,12,13);1-5,8H,6,10H2,(H,11,12);3H,1-2,6H2,(H2,7,8)(H,9,10);4,6H,1-3H2,(H,7,8);3-4H,6H2,1-2H3,(H,7,8);2H,1,5H2,(H2,6,7)(H,8,9);2-3,6H,5H2,1H3,(H,7,8);3*1,3H2,(H,4,5)/t3*8-;3-;2*4-;2-;2-,3+;;;/m00000001.../s1. The number of carboxylic acids is 11. The van der Waals surface area contributed by atoms with Crippen LogP contribution in [0.4, 0.5) is 0 Å². The molecule has 0 spiro atoms. The van der Waals surface area contributed by atoms with Crippen molar-refractivity contribution in [2.45, 2.75) is 127 Å². The number of phenols is 2. The van der Waals surface area contributed by atoms with Crippen molar-refractivity contribution in [3.05, 3.63) is 95.6 Å². The van der Waals surface area contributed by atoms with Crippen molar-refractivity contribution in [3.63, 3.8) is 0 Å². The second-order valence-electron chi connectivity index (χ2n) is 19.3. The Balaban J connectivity index is -0.000000184. The molecule has 0 bridgehead atoms. The number of amides is 2. The molecule has 0 unspecified atom stereocenters. The first-order chi connectivity index (χ1) is 44.2. The molecule has 1 saturated heterocycles. The Kier molecular flexibility index (Phi) is 62.0. The van der Waals surface area contributed by atoms with Gasteiger partial charge in [-0.1, -0.05) is 68.4 Å². The molecule has 4 rings (SSSR count). The van der Waals surface area contributed by atoms with E-state index in [4.69, 9.17) is 117 Å². The van der Waals surface area contributed by atoms with Crippen molar-refractivity contribution in [1.82, 2.24) is 5.32 Å². The first kappa shape index (κ1) is 99.5. The number of hydrogen-bond donors (Lipinski definition) is 27. The summed E-state index contributed by atoms with van der Waals surface area (Å²) in [6.07, 6.45) is 1.55. The number of nitrogens with two attached hydrogens (primary N) is 12. The van der Waals surface area contributed by atoms with Crippen molar-refractivity contribution in [3.8, 4) is 11.5 Å². The second kappa shape index (κ2) is 59.9. The highest BCUT2D eigenvalue weighted by Crippen LogP contribution is 2.12. The smallest absolute Gasteiger partial charge is 0.323 e. The Labute approximate surface area is 549 Å². The second-order valence-corrected chi connectivity index (χ2v) is 19.3. The number of carbonyl (C=O) groups is 13. The van der Waals surface area contributed by atoms with Gasteiger partial charge in [-0.15, -0.1) is 0 Å². The van der Waals surface area contributed by atoms with Crippen LogP contribution in [0.3, 0.4) is 0 Å². The first-order valence-electron chi connectivity index (χ1n) is 27.6. The van der Waals surface area contributed by atoms with Crippen LogP contribution in [-0.2, 0) is 81.6 Å². The maximum atomic E-state index is 10.4. The van der Waals surface area contributed by atoms with Gasteiger partial charge in [-0.3, -0.25) is 62.3 Å². The van der Waals surface area contributed by atoms with Gasteiger partial charge in [-0.2, -0.15) is 0 Å². The Bertz CT molecular complexity index is 2590. The van der Waals surface area contributed by atoms with Crippen molar-refractivity contribution in [2.24, 2.45) is 74.7 Å². The van der Waals surface area contributed by atoms with Crippen LogP contribution in [-0.4, -0.2) is 230 Å². The third kappa shape index (κ3) is 68.3. The van der Waals surface area contributed by atoms with Crippen molar-refractivity contribution in [2.75, 3.05) is 26.2 Å². The third-order valence-electron chi connectivity index (χ3n) is 10.5. The molecule has 39 N–H and O–H groups in total. The monoisotopic (exact) mass is 1380 g/mol. The predicted octanol–water partition coefficient (Wildman–Crippen LogP) is -5.98. The van der Waals surface area contributed by atoms with Crippen LogP contribution in [0.25, 0.3) is 0 Å². The summed E-state index contributed by atoms with van der Waals surface area (Å²) in [5.74, 6) is -12.0.